The summed E-state index contributed by atoms with van der Waals surface area (Å²) in [5.41, 5.74) is 6.11. The molecule has 0 aliphatic carbocycles. The number of quaternary nitrogens is 1. The Morgan fingerprint density at radius 2 is 1.63 bits per heavy atom. The molecule has 10 atom stereocenters. The van der Waals surface area contributed by atoms with Gasteiger partial charge in [0.05, 0.1) is 37.8 Å². The number of hydrogen-bond donors (Lipinski definition) is 11. The fourth-order valence-electron chi connectivity index (χ4n) is 5.19. The standard InChI is InChI=1S/C27H44N4O12/c1-29-18-15(19(34)17(11-32)42-26(18)40)12-41-27-22(37)20(35)21(36)23(43-27)25(39)31-9-5-3-2-4-8-30-24(38)14-10-13(28)6-7-16(14)33/h6-7,10,15,17-23,26-27,29,32-37,40H,2-5,8-9,11-12,28H2,1H3,(H,30,38)(H,31,39)/p+1/t15-,17?,18?,19-,20+,21-,22?,23?,26-,27-/m1/s1. The van der Waals surface area contributed by atoms with Crippen LogP contribution in [0.4, 0.5) is 5.69 Å². The molecule has 1 aromatic carbocycles. The second kappa shape index (κ2) is 16.4. The molecule has 2 aliphatic heterocycles. The summed E-state index contributed by atoms with van der Waals surface area (Å²) in [4.78, 5) is 24.9. The highest BCUT2D eigenvalue weighted by molar-refractivity contribution is 5.97. The number of anilines is 1. The van der Waals surface area contributed by atoms with Crippen molar-refractivity contribution in [2.75, 3.05) is 39.1 Å². The number of aromatic hydroxyl groups is 1. The summed E-state index contributed by atoms with van der Waals surface area (Å²) in [6.07, 6.45) is -9.20. The molecule has 0 bridgehead atoms. The predicted octanol–water partition coefficient (Wildman–Crippen LogP) is -4.55. The van der Waals surface area contributed by atoms with Gasteiger partial charge in [0.2, 0.25) is 6.29 Å². The highest BCUT2D eigenvalue weighted by Crippen LogP contribution is 2.27. The number of aliphatic hydroxyl groups excluding tert-OH is 6. The van der Waals surface area contributed by atoms with Crippen LogP contribution in [0.15, 0.2) is 18.2 Å². The van der Waals surface area contributed by atoms with Crippen LogP contribution in [-0.2, 0) is 19.0 Å². The van der Waals surface area contributed by atoms with Crippen molar-refractivity contribution >= 4 is 17.5 Å². The first-order chi connectivity index (χ1) is 20.5. The first-order valence-corrected chi connectivity index (χ1v) is 14.4. The number of hydrogen-bond acceptors (Lipinski definition) is 13. The molecular formula is C27H45N4O12+. The number of rotatable bonds is 14. The third-order valence-corrected chi connectivity index (χ3v) is 7.76. The molecule has 1 aromatic rings. The summed E-state index contributed by atoms with van der Waals surface area (Å²) in [6.45, 7) is -0.216. The smallest absolute Gasteiger partial charge is 0.255 e. The Kier molecular flexibility index (Phi) is 13.3. The Labute approximate surface area is 248 Å². The Hall–Kier alpha value is -2.64. The number of carbonyl (C=O) groups is 2. The minimum Gasteiger partial charge on any atom is -0.507 e. The summed E-state index contributed by atoms with van der Waals surface area (Å²) in [6, 6.07) is 3.56. The van der Waals surface area contributed by atoms with Gasteiger partial charge in [0.15, 0.2) is 12.4 Å². The lowest BCUT2D eigenvalue weighted by Gasteiger charge is -2.42. The molecular weight excluding hydrogens is 572 g/mol. The molecule has 43 heavy (non-hydrogen) atoms. The average molecular weight is 618 g/mol. The van der Waals surface area contributed by atoms with E-state index >= 15 is 0 Å². The Morgan fingerprint density at radius 1 is 0.953 bits per heavy atom. The molecule has 3 rings (SSSR count). The maximum Gasteiger partial charge on any atom is 0.255 e. The van der Waals surface area contributed by atoms with E-state index in [0.717, 1.165) is 6.42 Å². The number of phenols is 1. The topological polar surface area (TPSA) is 270 Å². The van der Waals surface area contributed by atoms with E-state index in [2.05, 4.69) is 10.6 Å². The molecule has 13 N–H and O–H groups in total. The lowest BCUT2D eigenvalue weighted by molar-refractivity contribution is -0.694. The highest BCUT2D eigenvalue weighted by atomic mass is 16.7. The quantitative estimate of drug-likeness (QED) is 0.0534. The van der Waals surface area contributed by atoms with Gasteiger partial charge in [-0.1, -0.05) is 12.8 Å². The summed E-state index contributed by atoms with van der Waals surface area (Å²) >= 11 is 0. The van der Waals surface area contributed by atoms with Crippen molar-refractivity contribution in [3.8, 4) is 5.75 Å². The molecule has 2 saturated heterocycles. The van der Waals surface area contributed by atoms with Gasteiger partial charge in [0, 0.05) is 18.8 Å². The Bertz CT molecular complexity index is 1050. The van der Waals surface area contributed by atoms with Gasteiger partial charge in [-0.05, 0) is 31.0 Å². The summed E-state index contributed by atoms with van der Waals surface area (Å²) < 4.78 is 16.3. The third kappa shape index (κ3) is 8.95. The number of likely N-dealkylation sites (N-methyl/N-ethyl adjacent to an activating group) is 1. The molecule has 2 fully saturated rings. The fourth-order valence-corrected chi connectivity index (χ4v) is 5.19. The second-order valence-electron chi connectivity index (χ2n) is 10.8. The Morgan fingerprint density at radius 3 is 2.28 bits per heavy atom. The highest BCUT2D eigenvalue weighted by Gasteiger charge is 2.50. The van der Waals surface area contributed by atoms with Gasteiger partial charge in [-0.15, -0.1) is 0 Å². The van der Waals surface area contributed by atoms with E-state index in [9.17, 15) is 45.3 Å². The number of ether oxygens (including phenoxy) is 3. The van der Waals surface area contributed by atoms with E-state index in [-0.39, 0.29) is 24.5 Å². The molecule has 244 valence electrons. The van der Waals surface area contributed by atoms with Crippen LogP contribution in [-0.4, -0.2) is 136 Å². The van der Waals surface area contributed by atoms with Gasteiger partial charge in [-0.2, -0.15) is 0 Å². The number of nitrogens with one attached hydrogen (secondary N) is 2. The van der Waals surface area contributed by atoms with Crippen molar-refractivity contribution in [3.05, 3.63) is 23.8 Å². The second-order valence-corrected chi connectivity index (χ2v) is 10.8. The summed E-state index contributed by atoms with van der Waals surface area (Å²) in [7, 11) is 1.65. The minimum atomic E-state index is -1.76. The van der Waals surface area contributed by atoms with Crippen molar-refractivity contribution in [2.24, 2.45) is 5.92 Å². The van der Waals surface area contributed by atoms with Crippen molar-refractivity contribution in [1.82, 2.24) is 10.6 Å². The van der Waals surface area contributed by atoms with Gasteiger partial charge in [-0.25, -0.2) is 0 Å². The zero-order valence-corrected chi connectivity index (χ0v) is 24.0. The van der Waals surface area contributed by atoms with Gasteiger partial charge in [-0.3, -0.25) is 9.59 Å². The third-order valence-electron chi connectivity index (χ3n) is 7.76. The van der Waals surface area contributed by atoms with Crippen LogP contribution in [0.25, 0.3) is 0 Å². The van der Waals surface area contributed by atoms with E-state index in [0.29, 0.717) is 31.5 Å². The number of amides is 2. The predicted molar refractivity (Wildman–Crippen MR) is 148 cm³/mol. The monoisotopic (exact) mass is 617 g/mol. The molecule has 2 aliphatic rings. The number of benzene rings is 1. The zero-order valence-electron chi connectivity index (χ0n) is 24.0. The largest absolute Gasteiger partial charge is 0.507 e. The molecule has 2 amide bonds. The first kappa shape index (κ1) is 34.8. The van der Waals surface area contributed by atoms with E-state index in [1.54, 1.807) is 12.4 Å². The lowest BCUT2D eigenvalue weighted by Crippen LogP contribution is -2.93. The summed E-state index contributed by atoms with van der Waals surface area (Å²) in [5, 5.41) is 78.1. The minimum absolute atomic E-state index is 0.0964. The number of nitrogen functional groups attached to an aromatic ring is 1. The van der Waals surface area contributed by atoms with E-state index in [1.165, 1.54) is 18.2 Å². The molecule has 0 aromatic heterocycles. The van der Waals surface area contributed by atoms with E-state index in [4.69, 9.17) is 19.9 Å². The van der Waals surface area contributed by atoms with E-state index in [1.807, 2.05) is 0 Å². The van der Waals surface area contributed by atoms with Gasteiger partial charge < -0.3 is 71.6 Å². The number of carbonyl (C=O) groups excluding carboxylic acids is 2. The summed E-state index contributed by atoms with van der Waals surface area (Å²) in [5.74, 6) is -2.08. The molecule has 0 spiro atoms. The molecule has 0 saturated carbocycles. The van der Waals surface area contributed by atoms with Crippen LogP contribution in [0.1, 0.15) is 36.0 Å². The normalized spacial score (nSPS) is 32.7. The van der Waals surface area contributed by atoms with Crippen LogP contribution in [0, 0.1) is 5.92 Å². The van der Waals surface area contributed by atoms with Crippen LogP contribution in [0.2, 0.25) is 0 Å². The van der Waals surface area contributed by atoms with Gasteiger partial charge in [0.25, 0.3) is 11.8 Å². The lowest BCUT2D eigenvalue weighted by atomic mass is 9.88. The number of aliphatic hydroxyl groups is 6. The number of nitrogens with two attached hydrogens (primary N) is 2. The van der Waals surface area contributed by atoms with Crippen molar-refractivity contribution in [1.29, 1.82) is 0 Å². The van der Waals surface area contributed by atoms with Crippen LogP contribution < -0.4 is 21.7 Å². The zero-order chi connectivity index (χ0) is 31.7. The molecule has 4 unspecified atom stereocenters. The fraction of sp³-hybridized carbons (Fsp3) is 0.704. The van der Waals surface area contributed by atoms with Gasteiger partial charge >= 0.3 is 0 Å². The molecule has 0 radical (unpaired) electrons. The number of unbranched alkanes of at least 4 members (excludes halogenated alkanes) is 3. The van der Waals surface area contributed by atoms with Crippen molar-refractivity contribution in [2.45, 2.75) is 80.9 Å². The Balaban J connectivity index is 1.40. The van der Waals surface area contributed by atoms with E-state index < -0.39 is 79.6 Å². The van der Waals surface area contributed by atoms with Crippen molar-refractivity contribution in [3.63, 3.8) is 0 Å². The molecule has 16 nitrogen and oxygen atoms in total. The maximum atomic E-state index is 12.7. The van der Waals surface area contributed by atoms with Gasteiger partial charge in [0.1, 0.15) is 36.2 Å². The van der Waals surface area contributed by atoms with Crippen molar-refractivity contribution < 1.29 is 64.9 Å². The maximum absolute atomic E-state index is 12.7. The number of phenolic OH excluding ortho intramolecular Hbond substituents is 1. The SMILES string of the molecule is C[NH2+]C1[C@H](O)OC(CO)[C@H](O)[C@@H]1CO[C@@H]1OC(C(=O)NCCCCCCNC(=O)c2cc(N)ccc2O)[C@H](O)[C@H](O)C1O. The molecule has 2 heterocycles. The van der Waals surface area contributed by atoms with Crippen LogP contribution in [0.5, 0.6) is 5.75 Å². The molecule has 16 heteroatoms. The van der Waals surface area contributed by atoms with Crippen LogP contribution in [0.3, 0.4) is 0 Å². The van der Waals surface area contributed by atoms with Crippen LogP contribution >= 0.6 is 0 Å². The average Bonchev–Trinajstić information content (AvgIpc) is 2.99. The first-order valence-electron chi connectivity index (χ1n) is 14.4.